The van der Waals surface area contributed by atoms with E-state index in [9.17, 15) is 4.79 Å². The maximum Gasteiger partial charge on any atom is 0.270 e. The minimum Gasteiger partial charge on any atom is -0.491 e. The van der Waals surface area contributed by atoms with Crippen LogP contribution in [-0.4, -0.2) is 34.0 Å². The lowest BCUT2D eigenvalue weighted by Gasteiger charge is -2.12. The van der Waals surface area contributed by atoms with Crippen LogP contribution in [-0.2, 0) is 0 Å². The maximum atomic E-state index is 12.7. The highest BCUT2D eigenvalue weighted by Crippen LogP contribution is 2.27. The van der Waals surface area contributed by atoms with Crippen molar-refractivity contribution in [2.45, 2.75) is 13.8 Å². The Bertz CT molecular complexity index is 1190. The number of benzene rings is 1. The van der Waals surface area contributed by atoms with Crippen LogP contribution in [0.2, 0.25) is 0 Å². The quantitative estimate of drug-likeness (QED) is 0.495. The van der Waals surface area contributed by atoms with E-state index in [1.165, 1.54) is 5.56 Å². The molecule has 30 heavy (non-hydrogen) atoms. The zero-order chi connectivity index (χ0) is 20.9. The highest BCUT2D eigenvalue weighted by Gasteiger charge is 2.13. The van der Waals surface area contributed by atoms with Crippen molar-refractivity contribution in [1.29, 1.82) is 0 Å². The van der Waals surface area contributed by atoms with Crippen molar-refractivity contribution in [3.8, 4) is 16.9 Å². The molecule has 0 atom stereocenters. The van der Waals surface area contributed by atoms with Crippen molar-refractivity contribution in [3.63, 3.8) is 0 Å². The van der Waals surface area contributed by atoms with Gasteiger partial charge in [0.25, 0.3) is 5.91 Å². The van der Waals surface area contributed by atoms with Gasteiger partial charge in [-0.2, -0.15) is 0 Å². The van der Waals surface area contributed by atoms with Gasteiger partial charge in [-0.25, -0.2) is 4.98 Å². The van der Waals surface area contributed by atoms with Crippen LogP contribution >= 0.6 is 0 Å². The molecule has 6 nitrogen and oxygen atoms in total. The first-order chi connectivity index (χ1) is 14.6. The molecule has 0 radical (unpaired) electrons. The fraction of sp³-hybridized carbons (Fsp3) is 0.167. The number of fused-ring (bicyclic) bond motifs is 1. The SMILES string of the molecule is Cc1cccc(OCCNC(=O)c2cc(-c3ccncc3)c3cnccc3n2)c1C. The number of carbonyl (C=O) groups excluding carboxylic acids is 1. The van der Waals surface area contributed by atoms with Gasteiger partial charge in [0.2, 0.25) is 0 Å². The van der Waals surface area contributed by atoms with Crippen LogP contribution in [0.5, 0.6) is 5.75 Å². The highest BCUT2D eigenvalue weighted by molar-refractivity contribution is 6.00. The molecule has 3 heterocycles. The second-order valence-corrected chi connectivity index (χ2v) is 6.99. The summed E-state index contributed by atoms with van der Waals surface area (Å²) in [7, 11) is 0. The summed E-state index contributed by atoms with van der Waals surface area (Å²) in [4.78, 5) is 25.5. The Morgan fingerprint density at radius 3 is 2.67 bits per heavy atom. The average Bonchev–Trinajstić information content (AvgIpc) is 2.79. The lowest BCUT2D eigenvalue weighted by Crippen LogP contribution is -2.29. The van der Waals surface area contributed by atoms with Gasteiger partial charge in [-0.1, -0.05) is 12.1 Å². The van der Waals surface area contributed by atoms with E-state index < -0.39 is 0 Å². The monoisotopic (exact) mass is 398 g/mol. The predicted molar refractivity (Wildman–Crippen MR) is 117 cm³/mol. The molecule has 150 valence electrons. The molecule has 4 rings (SSSR count). The Hall–Kier alpha value is -3.80. The molecule has 0 aliphatic rings. The Labute approximate surface area is 175 Å². The molecule has 0 fully saturated rings. The molecule has 0 spiro atoms. The second-order valence-electron chi connectivity index (χ2n) is 6.99. The molecule has 6 heteroatoms. The summed E-state index contributed by atoms with van der Waals surface area (Å²) in [6.45, 7) is 4.83. The van der Waals surface area contributed by atoms with Crippen LogP contribution in [0.15, 0.2) is 67.3 Å². The summed E-state index contributed by atoms with van der Waals surface area (Å²) in [6.07, 6.45) is 6.88. The number of nitrogens with zero attached hydrogens (tertiary/aromatic N) is 3. The number of aromatic nitrogens is 3. The van der Waals surface area contributed by atoms with E-state index in [0.717, 1.165) is 33.3 Å². The molecule has 1 aromatic carbocycles. The normalized spacial score (nSPS) is 10.7. The third-order valence-corrected chi connectivity index (χ3v) is 5.03. The summed E-state index contributed by atoms with van der Waals surface area (Å²) in [5.74, 6) is 0.592. The third-order valence-electron chi connectivity index (χ3n) is 5.03. The molecule has 0 bridgehead atoms. The summed E-state index contributed by atoms with van der Waals surface area (Å²) in [5.41, 5.74) is 5.21. The van der Waals surface area contributed by atoms with E-state index in [1.54, 1.807) is 36.9 Å². The fourth-order valence-electron chi connectivity index (χ4n) is 3.25. The molecule has 4 aromatic rings. The van der Waals surface area contributed by atoms with Gasteiger partial charge in [-0.15, -0.1) is 0 Å². The van der Waals surface area contributed by atoms with Gasteiger partial charge in [0.1, 0.15) is 18.1 Å². The van der Waals surface area contributed by atoms with Gasteiger partial charge in [-0.3, -0.25) is 14.8 Å². The van der Waals surface area contributed by atoms with Crippen LogP contribution < -0.4 is 10.1 Å². The molecule has 1 amide bonds. The van der Waals surface area contributed by atoms with Crippen molar-refractivity contribution in [1.82, 2.24) is 20.3 Å². The zero-order valence-corrected chi connectivity index (χ0v) is 16.9. The van der Waals surface area contributed by atoms with Crippen molar-refractivity contribution in [3.05, 3.63) is 84.1 Å². The molecular formula is C24H22N4O2. The minimum atomic E-state index is -0.242. The number of aryl methyl sites for hydroxylation is 1. The molecule has 0 saturated heterocycles. The first-order valence-electron chi connectivity index (χ1n) is 9.76. The topological polar surface area (TPSA) is 77.0 Å². The number of hydrogen-bond acceptors (Lipinski definition) is 5. The molecule has 1 N–H and O–H groups in total. The smallest absolute Gasteiger partial charge is 0.270 e. The number of hydrogen-bond donors (Lipinski definition) is 1. The summed E-state index contributed by atoms with van der Waals surface area (Å²) >= 11 is 0. The van der Waals surface area contributed by atoms with Gasteiger partial charge in [-0.05, 0) is 66.4 Å². The van der Waals surface area contributed by atoms with Gasteiger partial charge in [0.15, 0.2) is 0 Å². The largest absolute Gasteiger partial charge is 0.491 e. The lowest BCUT2D eigenvalue weighted by molar-refractivity contribution is 0.0942. The minimum absolute atomic E-state index is 0.242. The van der Waals surface area contributed by atoms with Crippen molar-refractivity contribution in [2.24, 2.45) is 0 Å². The summed E-state index contributed by atoms with van der Waals surface area (Å²) in [6, 6.07) is 13.4. The number of ether oxygens (including phenoxy) is 1. The van der Waals surface area contributed by atoms with E-state index in [4.69, 9.17) is 4.74 Å². The maximum absolute atomic E-state index is 12.7. The van der Waals surface area contributed by atoms with Crippen molar-refractivity contribution < 1.29 is 9.53 Å². The third kappa shape index (κ3) is 4.12. The summed E-state index contributed by atoms with van der Waals surface area (Å²) < 4.78 is 5.82. The Morgan fingerprint density at radius 2 is 1.83 bits per heavy atom. The highest BCUT2D eigenvalue weighted by atomic mass is 16.5. The van der Waals surface area contributed by atoms with Crippen molar-refractivity contribution >= 4 is 16.8 Å². The van der Waals surface area contributed by atoms with Crippen LogP contribution in [0.1, 0.15) is 21.6 Å². The first kappa shape index (κ1) is 19.5. The van der Waals surface area contributed by atoms with E-state index in [1.807, 2.05) is 44.2 Å². The van der Waals surface area contributed by atoms with Gasteiger partial charge in [0.05, 0.1) is 12.1 Å². The Kier molecular flexibility index (Phi) is 5.66. The van der Waals surface area contributed by atoms with E-state index in [-0.39, 0.29) is 5.91 Å². The van der Waals surface area contributed by atoms with Crippen LogP contribution in [0, 0.1) is 13.8 Å². The van der Waals surface area contributed by atoms with Crippen molar-refractivity contribution in [2.75, 3.05) is 13.2 Å². The number of nitrogens with one attached hydrogen (secondary N) is 1. The van der Waals surface area contributed by atoms with Gasteiger partial charge in [0, 0.05) is 30.2 Å². The molecule has 0 saturated carbocycles. The Balaban J connectivity index is 1.50. The van der Waals surface area contributed by atoms with Crippen LogP contribution in [0.4, 0.5) is 0 Å². The molecular weight excluding hydrogens is 376 g/mol. The number of carbonyl (C=O) groups is 1. The molecule has 0 aliphatic heterocycles. The number of amides is 1. The van der Waals surface area contributed by atoms with Crippen LogP contribution in [0.3, 0.4) is 0 Å². The van der Waals surface area contributed by atoms with E-state index in [2.05, 4.69) is 20.3 Å². The van der Waals surface area contributed by atoms with Crippen LogP contribution in [0.25, 0.3) is 22.0 Å². The molecule has 0 unspecified atom stereocenters. The average molecular weight is 398 g/mol. The molecule has 0 aliphatic carbocycles. The number of pyridine rings is 3. The van der Waals surface area contributed by atoms with E-state index in [0.29, 0.717) is 18.8 Å². The summed E-state index contributed by atoms with van der Waals surface area (Å²) in [5, 5.41) is 3.78. The van der Waals surface area contributed by atoms with Gasteiger partial charge >= 0.3 is 0 Å². The lowest BCUT2D eigenvalue weighted by atomic mass is 10.0. The standard InChI is InChI=1S/C24H22N4O2/c1-16-4-3-5-23(17(16)2)30-13-12-27-24(29)22-14-19(18-6-9-25-10-7-18)20-15-26-11-8-21(20)28-22/h3-11,14-15H,12-13H2,1-2H3,(H,27,29). The first-order valence-corrected chi connectivity index (χ1v) is 9.76. The zero-order valence-electron chi connectivity index (χ0n) is 16.9. The fourth-order valence-corrected chi connectivity index (χ4v) is 3.25. The number of rotatable bonds is 6. The predicted octanol–water partition coefficient (Wildman–Crippen LogP) is 4.12. The molecule has 3 aromatic heterocycles. The van der Waals surface area contributed by atoms with Gasteiger partial charge < -0.3 is 10.1 Å². The second kappa shape index (κ2) is 8.69. The van der Waals surface area contributed by atoms with E-state index >= 15 is 0 Å². The Morgan fingerprint density at radius 1 is 1.03 bits per heavy atom.